The van der Waals surface area contributed by atoms with Crippen LogP contribution in [0.3, 0.4) is 0 Å². The predicted octanol–water partition coefficient (Wildman–Crippen LogP) is 2.71. The summed E-state index contributed by atoms with van der Waals surface area (Å²) in [5.41, 5.74) is 4.01. The molecule has 0 spiro atoms. The Labute approximate surface area is 178 Å². The molecule has 0 bridgehead atoms. The summed E-state index contributed by atoms with van der Waals surface area (Å²) in [6.45, 7) is 9.20. The number of nitrogens with zero attached hydrogens (tertiary/aromatic N) is 2. The minimum absolute atomic E-state index is 0.222. The summed E-state index contributed by atoms with van der Waals surface area (Å²) in [5, 5.41) is 0. The first-order valence-corrected chi connectivity index (χ1v) is 10.9. The van der Waals surface area contributed by atoms with Crippen LogP contribution in [0.1, 0.15) is 52.7 Å². The summed E-state index contributed by atoms with van der Waals surface area (Å²) < 4.78 is 0. The molecule has 5 heteroatoms. The number of likely N-dealkylation sites (tertiary alicyclic amines) is 1. The lowest BCUT2D eigenvalue weighted by atomic mass is 9.88. The van der Waals surface area contributed by atoms with Crippen LogP contribution in [-0.4, -0.2) is 43.7 Å². The molecule has 0 aliphatic carbocycles. The monoisotopic (exact) mass is 404 g/mol. The Morgan fingerprint density at radius 3 is 2.73 bits per heavy atom. The van der Waals surface area contributed by atoms with Gasteiger partial charge in [0.1, 0.15) is 6.04 Å². The van der Waals surface area contributed by atoms with Gasteiger partial charge in [-0.15, -0.1) is 0 Å². The molecule has 0 aromatic heterocycles. The number of anilines is 1. The van der Waals surface area contributed by atoms with E-state index in [0.29, 0.717) is 17.3 Å². The molecule has 156 valence electrons. The molecule has 2 unspecified atom stereocenters. The largest absolute Gasteiger partial charge is 0.331 e. The number of rotatable bonds is 5. The number of carbonyl (C=O) groups is 2. The van der Waals surface area contributed by atoms with Gasteiger partial charge in [0.25, 0.3) is 5.91 Å². The van der Waals surface area contributed by atoms with Crippen LogP contribution < -0.4 is 9.80 Å². The molecule has 0 saturated carbocycles. The number of aryl methyl sites for hydroxylation is 2. The Balaban J connectivity index is 1.67. The molecule has 3 atom stereocenters. The van der Waals surface area contributed by atoms with Gasteiger partial charge in [-0.2, -0.15) is 0 Å². The van der Waals surface area contributed by atoms with E-state index in [2.05, 4.69) is 6.92 Å². The smallest absolute Gasteiger partial charge is 0.265 e. The van der Waals surface area contributed by atoms with Gasteiger partial charge in [-0.3, -0.25) is 14.6 Å². The van der Waals surface area contributed by atoms with Gasteiger partial charge in [-0.05, 0) is 44.0 Å². The van der Waals surface area contributed by atoms with E-state index in [1.165, 1.54) is 24.3 Å². The third kappa shape index (κ3) is 3.70. The van der Waals surface area contributed by atoms with Crippen molar-refractivity contribution in [1.82, 2.24) is 0 Å². The van der Waals surface area contributed by atoms with Gasteiger partial charge in [-0.25, -0.2) is 4.90 Å². The zero-order chi connectivity index (χ0) is 21.3. The van der Waals surface area contributed by atoms with Crippen LogP contribution in [0.15, 0.2) is 47.5 Å². The third-order valence-corrected chi connectivity index (χ3v) is 6.47. The van der Waals surface area contributed by atoms with Gasteiger partial charge in [-0.1, -0.05) is 35.9 Å². The number of quaternary nitrogens is 1. The molecule has 4 rings (SSSR count). The summed E-state index contributed by atoms with van der Waals surface area (Å²) in [4.78, 5) is 34.4. The van der Waals surface area contributed by atoms with Gasteiger partial charge in [0.05, 0.1) is 31.2 Å². The first-order chi connectivity index (χ1) is 14.5. The van der Waals surface area contributed by atoms with Crippen LogP contribution in [0.4, 0.5) is 5.69 Å². The zero-order valence-corrected chi connectivity index (χ0v) is 18.0. The van der Waals surface area contributed by atoms with E-state index >= 15 is 0 Å². The number of aliphatic imine (C=N–C) groups is 1. The average molecular weight is 405 g/mol. The van der Waals surface area contributed by atoms with Crippen LogP contribution in [0, 0.1) is 13.8 Å². The van der Waals surface area contributed by atoms with E-state index in [9.17, 15) is 9.59 Å². The van der Waals surface area contributed by atoms with Gasteiger partial charge in [0.2, 0.25) is 5.91 Å². The maximum absolute atomic E-state index is 13.5. The molecular weight excluding hydrogens is 374 g/mol. The van der Waals surface area contributed by atoms with Crippen LogP contribution in [-0.2, 0) is 4.79 Å². The first-order valence-electron chi connectivity index (χ1n) is 10.9. The molecule has 2 heterocycles. The van der Waals surface area contributed by atoms with Crippen molar-refractivity contribution in [2.75, 3.05) is 24.5 Å². The fourth-order valence-electron chi connectivity index (χ4n) is 4.85. The molecule has 2 aromatic carbocycles. The number of likely N-dealkylation sites (N-methyl/N-ethyl adjacent to an activating group) is 1. The van der Waals surface area contributed by atoms with Crippen LogP contribution in [0.2, 0.25) is 0 Å². The second-order valence-corrected chi connectivity index (χ2v) is 8.45. The molecule has 30 heavy (non-hydrogen) atoms. The van der Waals surface area contributed by atoms with Crippen molar-refractivity contribution >= 4 is 23.7 Å². The number of hydrogen-bond acceptors (Lipinski definition) is 3. The van der Waals surface area contributed by atoms with Crippen LogP contribution in [0.25, 0.3) is 0 Å². The summed E-state index contributed by atoms with van der Waals surface area (Å²) in [7, 11) is 0. The molecule has 1 saturated heterocycles. The molecule has 0 radical (unpaired) electrons. The fourth-order valence-corrected chi connectivity index (χ4v) is 4.85. The van der Waals surface area contributed by atoms with Gasteiger partial charge < -0.3 is 4.90 Å². The lowest BCUT2D eigenvalue weighted by molar-refractivity contribution is -0.908. The van der Waals surface area contributed by atoms with E-state index in [-0.39, 0.29) is 11.8 Å². The minimum atomic E-state index is -0.536. The van der Waals surface area contributed by atoms with E-state index in [1.807, 2.05) is 50.2 Å². The molecule has 1 fully saturated rings. The molecule has 2 aromatic rings. The highest BCUT2D eigenvalue weighted by atomic mass is 16.2. The van der Waals surface area contributed by atoms with Gasteiger partial charge in [0, 0.05) is 24.6 Å². The summed E-state index contributed by atoms with van der Waals surface area (Å²) in [6.07, 6.45) is 4.20. The Kier molecular flexibility index (Phi) is 5.82. The van der Waals surface area contributed by atoms with Crippen molar-refractivity contribution in [3.8, 4) is 0 Å². The average Bonchev–Trinajstić information content (AvgIpc) is 3.19. The van der Waals surface area contributed by atoms with Crippen molar-refractivity contribution in [2.24, 2.45) is 4.99 Å². The number of imide groups is 1. The Bertz CT molecular complexity index is 998. The molecule has 5 nitrogen and oxygen atoms in total. The van der Waals surface area contributed by atoms with E-state index < -0.39 is 5.92 Å². The molecule has 2 aliphatic heterocycles. The highest BCUT2D eigenvalue weighted by Crippen LogP contribution is 2.33. The number of nitrogens with one attached hydrogen (secondary N) is 1. The highest BCUT2D eigenvalue weighted by molar-refractivity contribution is 6.29. The topological polar surface area (TPSA) is 54.2 Å². The number of hydrogen-bond donors (Lipinski definition) is 1. The lowest BCUT2D eigenvalue weighted by Gasteiger charge is -2.32. The van der Waals surface area contributed by atoms with Crippen molar-refractivity contribution in [2.45, 2.75) is 45.6 Å². The maximum atomic E-state index is 13.5. The van der Waals surface area contributed by atoms with Crippen LogP contribution >= 0.6 is 0 Å². The molecule has 1 N–H and O–H groups in total. The summed E-state index contributed by atoms with van der Waals surface area (Å²) >= 11 is 0. The number of benzene rings is 2. The van der Waals surface area contributed by atoms with E-state index in [1.54, 1.807) is 17.2 Å². The van der Waals surface area contributed by atoms with Crippen molar-refractivity contribution in [3.05, 3.63) is 64.7 Å². The Morgan fingerprint density at radius 2 is 1.97 bits per heavy atom. The van der Waals surface area contributed by atoms with Gasteiger partial charge >= 0.3 is 0 Å². The quantitative estimate of drug-likeness (QED) is 0.615. The fraction of sp³-hybridized carbons (Fsp3) is 0.400. The first kappa shape index (κ1) is 20.5. The van der Waals surface area contributed by atoms with E-state index in [4.69, 9.17) is 4.99 Å². The zero-order valence-electron chi connectivity index (χ0n) is 18.0. The minimum Gasteiger partial charge on any atom is -0.331 e. The maximum Gasteiger partial charge on any atom is 0.265 e. The van der Waals surface area contributed by atoms with Crippen molar-refractivity contribution in [3.63, 3.8) is 0 Å². The molecular formula is C25H30N3O2+. The number of amides is 2. The summed E-state index contributed by atoms with van der Waals surface area (Å²) in [6, 6.07) is 13.7. The van der Waals surface area contributed by atoms with Crippen LogP contribution in [0.5, 0.6) is 0 Å². The van der Waals surface area contributed by atoms with Crippen molar-refractivity contribution < 1.29 is 14.5 Å². The molecule has 2 amide bonds. The number of fused-ring (bicyclic) bond motifs is 1. The molecule has 2 aliphatic rings. The summed E-state index contributed by atoms with van der Waals surface area (Å²) in [5.74, 6) is -1.02. The third-order valence-electron chi connectivity index (χ3n) is 6.47. The second kappa shape index (κ2) is 8.52. The lowest BCUT2D eigenvalue weighted by Crippen LogP contribution is -3.13. The second-order valence-electron chi connectivity index (χ2n) is 8.45. The number of carbonyl (C=O) groups excluding carboxylic acids is 2. The van der Waals surface area contributed by atoms with E-state index in [0.717, 1.165) is 29.8 Å². The van der Waals surface area contributed by atoms with Crippen molar-refractivity contribution in [1.29, 1.82) is 0 Å². The standard InChI is InChI=1S/C25H29N3O2/c1-4-27-13-7-8-19(27)15-26-16-22-20-9-5-6-10-21(20)24(29)28(25(22)30)23-12-11-17(2)14-18(23)3/h5-6,9-12,14,16,19,22H,4,7-8,13,15H2,1-3H3/p+1/t19-,22?/m0/s1. The SMILES string of the molecule is CC[NH+]1CCC[C@H]1CN=CC1C(=O)N(c2ccc(C)cc2C)C(=O)c2ccccc21. The predicted molar refractivity (Wildman–Crippen MR) is 120 cm³/mol. The normalized spacial score (nSPS) is 24.0. The Hall–Kier alpha value is -2.79. The van der Waals surface area contributed by atoms with Gasteiger partial charge in [0.15, 0.2) is 0 Å². The Morgan fingerprint density at radius 1 is 1.17 bits per heavy atom. The highest BCUT2D eigenvalue weighted by Gasteiger charge is 2.39.